The van der Waals surface area contributed by atoms with Gasteiger partial charge in [0.05, 0.1) is 0 Å². The zero-order chi connectivity index (χ0) is 12.3. The monoisotopic (exact) mass is 216 g/mol. The maximum Gasteiger partial charge on any atom is 0.394 e. The van der Waals surface area contributed by atoms with Crippen LogP contribution in [0.4, 0.5) is 0 Å². The van der Waals surface area contributed by atoms with Crippen LogP contribution in [0, 0.1) is 5.41 Å². The van der Waals surface area contributed by atoms with Crippen molar-refractivity contribution >= 4 is 11.9 Å². The van der Waals surface area contributed by atoms with Crippen molar-refractivity contribution in [3.63, 3.8) is 0 Å². The van der Waals surface area contributed by atoms with Crippen molar-refractivity contribution in [1.82, 2.24) is 5.32 Å². The minimum Gasteiger partial charge on any atom is -0.474 e. The van der Waals surface area contributed by atoms with Crippen molar-refractivity contribution in [3.8, 4) is 0 Å². The van der Waals surface area contributed by atoms with E-state index in [0.717, 1.165) is 0 Å². The molecule has 0 aromatic rings. The zero-order valence-electron chi connectivity index (χ0n) is 9.76. The molecule has 0 aliphatic heterocycles. The Morgan fingerprint density at radius 3 is 2.07 bits per heavy atom. The predicted molar refractivity (Wildman–Crippen MR) is 57.3 cm³/mol. The molecule has 0 aliphatic rings. The molecular formula is C10H20N2O3. The average molecular weight is 216 g/mol. The highest BCUT2D eigenvalue weighted by molar-refractivity contribution is 6.31. The number of rotatable bonds is 4. The van der Waals surface area contributed by atoms with E-state index >= 15 is 0 Å². The van der Waals surface area contributed by atoms with E-state index in [1.54, 1.807) is 0 Å². The minimum absolute atomic E-state index is 0.219. The Morgan fingerprint density at radius 1 is 1.27 bits per heavy atom. The summed E-state index contributed by atoms with van der Waals surface area (Å²) in [6, 6.07) is 0. The first kappa shape index (κ1) is 13.9. The molecule has 0 bridgehead atoms. The molecule has 88 valence electrons. The third-order valence-electron chi connectivity index (χ3n) is 1.86. The summed E-state index contributed by atoms with van der Waals surface area (Å²) in [4.78, 5) is 21.1. The number of aliphatic carboxylic acids is 1. The van der Waals surface area contributed by atoms with Crippen LogP contribution in [-0.4, -0.2) is 29.1 Å². The maximum atomic E-state index is 10.8. The highest BCUT2D eigenvalue weighted by Gasteiger charge is 2.27. The van der Waals surface area contributed by atoms with Gasteiger partial charge in [-0.3, -0.25) is 4.79 Å². The fraction of sp³-hybridized carbons (Fsp3) is 0.800. The third-order valence-corrected chi connectivity index (χ3v) is 1.86. The van der Waals surface area contributed by atoms with Crippen LogP contribution in [0.1, 0.15) is 34.1 Å². The summed E-state index contributed by atoms with van der Waals surface area (Å²) in [5, 5.41) is 10.7. The molecule has 0 aliphatic carbocycles. The van der Waals surface area contributed by atoms with Gasteiger partial charge in [0, 0.05) is 12.1 Å². The standard InChI is InChI=1S/C10H20N2O3/c1-9(2,5-10(3,4)11)6-12-7(13)8(14)15/h5-6,11H2,1-4H3,(H,12,13)(H,14,15). The minimum atomic E-state index is -1.46. The normalized spacial score (nSPS) is 12.3. The number of hydrogen-bond donors (Lipinski definition) is 3. The second-order valence-corrected chi connectivity index (χ2v) is 5.32. The van der Waals surface area contributed by atoms with E-state index in [-0.39, 0.29) is 11.0 Å². The Balaban J connectivity index is 4.16. The first-order valence-electron chi connectivity index (χ1n) is 4.83. The lowest BCUT2D eigenvalue weighted by Gasteiger charge is -2.32. The Morgan fingerprint density at radius 2 is 1.73 bits per heavy atom. The van der Waals surface area contributed by atoms with Crippen molar-refractivity contribution in [2.75, 3.05) is 6.54 Å². The molecule has 0 unspecified atom stereocenters. The van der Waals surface area contributed by atoms with Gasteiger partial charge in [0.2, 0.25) is 0 Å². The van der Waals surface area contributed by atoms with Gasteiger partial charge in [-0.1, -0.05) is 13.8 Å². The van der Waals surface area contributed by atoms with Gasteiger partial charge in [-0.25, -0.2) is 4.79 Å². The van der Waals surface area contributed by atoms with Crippen LogP contribution < -0.4 is 11.1 Å². The number of nitrogens with two attached hydrogens (primary N) is 1. The molecule has 4 N–H and O–H groups in total. The van der Waals surface area contributed by atoms with Crippen molar-refractivity contribution in [1.29, 1.82) is 0 Å². The number of carbonyl (C=O) groups is 2. The molecular weight excluding hydrogens is 196 g/mol. The lowest BCUT2D eigenvalue weighted by atomic mass is 9.80. The molecule has 0 saturated heterocycles. The summed E-state index contributed by atoms with van der Waals surface area (Å²) in [5.41, 5.74) is 5.30. The fourth-order valence-corrected chi connectivity index (χ4v) is 1.69. The molecule has 0 spiro atoms. The van der Waals surface area contributed by atoms with Crippen LogP contribution in [0.3, 0.4) is 0 Å². The molecule has 0 aromatic carbocycles. The van der Waals surface area contributed by atoms with Crippen LogP contribution in [0.2, 0.25) is 0 Å². The summed E-state index contributed by atoms with van der Waals surface area (Å²) in [6.45, 7) is 7.97. The van der Waals surface area contributed by atoms with Gasteiger partial charge in [0.1, 0.15) is 0 Å². The van der Waals surface area contributed by atoms with Crippen LogP contribution in [0.5, 0.6) is 0 Å². The van der Waals surface area contributed by atoms with E-state index in [1.165, 1.54) is 0 Å². The van der Waals surface area contributed by atoms with Crippen molar-refractivity contribution in [2.24, 2.45) is 11.1 Å². The second kappa shape index (κ2) is 4.61. The first-order chi connectivity index (χ1) is 6.53. The maximum absolute atomic E-state index is 10.8. The van der Waals surface area contributed by atoms with Gasteiger partial charge in [-0.2, -0.15) is 0 Å². The number of carboxylic acids is 1. The predicted octanol–water partition coefficient (Wildman–Crippen LogP) is 0.341. The Bertz CT molecular complexity index is 254. The quantitative estimate of drug-likeness (QED) is 0.591. The molecule has 0 atom stereocenters. The number of hydrogen-bond acceptors (Lipinski definition) is 3. The van der Waals surface area contributed by atoms with Crippen molar-refractivity contribution < 1.29 is 14.7 Å². The molecule has 0 fully saturated rings. The summed E-state index contributed by atoms with van der Waals surface area (Å²) >= 11 is 0. The average Bonchev–Trinajstić information content (AvgIpc) is 1.95. The van der Waals surface area contributed by atoms with Gasteiger partial charge in [0.15, 0.2) is 0 Å². The van der Waals surface area contributed by atoms with Crippen LogP contribution >= 0.6 is 0 Å². The van der Waals surface area contributed by atoms with Crippen LogP contribution in [0.15, 0.2) is 0 Å². The number of carbonyl (C=O) groups excluding carboxylic acids is 1. The zero-order valence-corrected chi connectivity index (χ0v) is 9.76. The van der Waals surface area contributed by atoms with Crippen molar-refractivity contribution in [3.05, 3.63) is 0 Å². The van der Waals surface area contributed by atoms with E-state index in [0.29, 0.717) is 13.0 Å². The fourth-order valence-electron chi connectivity index (χ4n) is 1.69. The summed E-state index contributed by atoms with van der Waals surface area (Å²) in [6.07, 6.45) is 0.694. The lowest BCUT2D eigenvalue weighted by molar-refractivity contribution is -0.150. The van der Waals surface area contributed by atoms with E-state index in [2.05, 4.69) is 5.32 Å². The smallest absolute Gasteiger partial charge is 0.394 e. The van der Waals surface area contributed by atoms with Crippen LogP contribution in [0.25, 0.3) is 0 Å². The summed E-state index contributed by atoms with van der Waals surface area (Å²) in [7, 11) is 0. The topological polar surface area (TPSA) is 92.4 Å². The number of nitrogens with one attached hydrogen (secondary N) is 1. The number of amides is 1. The molecule has 0 radical (unpaired) electrons. The molecule has 0 saturated carbocycles. The summed E-state index contributed by atoms with van der Waals surface area (Å²) < 4.78 is 0. The molecule has 0 heterocycles. The van der Waals surface area contributed by atoms with Gasteiger partial charge < -0.3 is 16.2 Å². The highest BCUT2D eigenvalue weighted by atomic mass is 16.4. The second-order valence-electron chi connectivity index (χ2n) is 5.32. The Hall–Kier alpha value is -1.10. The third kappa shape index (κ3) is 6.90. The Labute approximate surface area is 90.0 Å². The van der Waals surface area contributed by atoms with E-state index in [4.69, 9.17) is 10.8 Å². The van der Waals surface area contributed by atoms with Gasteiger partial charge >= 0.3 is 11.9 Å². The molecule has 15 heavy (non-hydrogen) atoms. The van der Waals surface area contributed by atoms with Gasteiger partial charge in [-0.05, 0) is 25.7 Å². The van der Waals surface area contributed by atoms with E-state index in [1.807, 2.05) is 27.7 Å². The SMILES string of the molecule is CC(C)(N)CC(C)(C)CNC(=O)C(=O)O. The van der Waals surface area contributed by atoms with Crippen molar-refractivity contribution in [2.45, 2.75) is 39.7 Å². The Kier molecular flexibility index (Phi) is 4.27. The molecule has 1 amide bonds. The van der Waals surface area contributed by atoms with E-state index in [9.17, 15) is 9.59 Å². The molecule has 5 nitrogen and oxygen atoms in total. The molecule has 5 heteroatoms. The number of carboxylic acid groups (broad SMARTS) is 1. The van der Waals surface area contributed by atoms with E-state index < -0.39 is 11.9 Å². The highest BCUT2D eigenvalue weighted by Crippen LogP contribution is 2.25. The lowest BCUT2D eigenvalue weighted by Crippen LogP contribution is -2.43. The summed E-state index contributed by atoms with van der Waals surface area (Å²) in [5.74, 6) is -2.43. The van der Waals surface area contributed by atoms with Gasteiger partial charge in [-0.15, -0.1) is 0 Å². The largest absolute Gasteiger partial charge is 0.474 e. The van der Waals surface area contributed by atoms with Crippen LogP contribution in [-0.2, 0) is 9.59 Å². The molecule has 0 rings (SSSR count). The van der Waals surface area contributed by atoms with Gasteiger partial charge in [0.25, 0.3) is 0 Å². The molecule has 0 aromatic heterocycles. The first-order valence-corrected chi connectivity index (χ1v) is 4.83.